The summed E-state index contributed by atoms with van der Waals surface area (Å²) in [5, 5.41) is 2.75. The summed E-state index contributed by atoms with van der Waals surface area (Å²) in [4.78, 5) is 14.1. The second-order valence-corrected chi connectivity index (χ2v) is 4.66. The van der Waals surface area contributed by atoms with Crippen LogP contribution in [-0.2, 0) is 0 Å². The first-order chi connectivity index (χ1) is 9.44. The molecule has 112 valence electrons. The lowest BCUT2D eigenvalue weighted by Gasteiger charge is -2.16. The Hall–Kier alpha value is -1.80. The van der Waals surface area contributed by atoms with Gasteiger partial charge in [0, 0.05) is 26.1 Å². The van der Waals surface area contributed by atoms with E-state index in [9.17, 15) is 13.2 Å². The largest absolute Gasteiger partial charge is 0.389 e. The monoisotopic (exact) mass is 290 g/mol. The lowest BCUT2D eigenvalue weighted by molar-refractivity contribution is -0.134. The number of anilines is 3. The SMILES string of the molecule is Nc1nc(NCCCC(F)(F)F)nc(N2CCCC2)n1. The van der Waals surface area contributed by atoms with Gasteiger partial charge in [-0.3, -0.25) is 0 Å². The maximum absolute atomic E-state index is 12.0. The topological polar surface area (TPSA) is 80.0 Å². The van der Waals surface area contributed by atoms with Crippen LogP contribution in [0.4, 0.5) is 31.0 Å². The number of nitrogens with two attached hydrogens (primary N) is 1. The summed E-state index contributed by atoms with van der Waals surface area (Å²) in [5.41, 5.74) is 5.59. The Morgan fingerprint density at radius 3 is 2.50 bits per heavy atom. The molecule has 3 N–H and O–H groups in total. The minimum absolute atomic E-state index is 0.0336. The van der Waals surface area contributed by atoms with Gasteiger partial charge in [-0.1, -0.05) is 0 Å². The zero-order valence-corrected chi connectivity index (χ0v) is 10.9. The summed E-state index contributed by atoms with van der Waals surface area (Å²) in [6.07, 6.45) is -2.87. The summed E-state index contributed by atoms with van der Waals surface area (Å²) in [6, 6.07) is 0. The number of hydrogen-bond donors (Lipinski definition) is 2. The molecule has 1 fully saturated rings. The van der Waals surface area contributed by atoms with Gasteiger partial charge in [0.25, 0.3) is 0 Å². The molecular formula is C11H17F3N6. The third-order valence-electron chi connectivity index (χ3n) is 2.95. The number of nitrogen functional groups attached to an aromatic ring is 1. The summed E-state index contributed by atoms with van der Waals surface area (Å²) >= 11 is 0. The van der Waals surface area contributed by atoms with Crippen molar-refractivity contribution in [3.8, 4) is 0 Å². The highest BCUT2D eigenvalue weighted by Crippen LogP contribution is 2.21. The Morgan fingerprint density at radius 1 is 1.15 bits per heavy atom. The third kappa shape index (κ3) is 4.39. The molecule has 0 aromatic carbocycles. The van der Waals surface area contributed by atoms with Gasteiger partial charge in [-0.05, 0) is 19.3 Å². The highest BCUT2D eigenvalue weighted by atomic mass is 19.4. The molecule has 20 heavy (non-hydrogen) atoms. The Labute approximate surface area is 114 Å². The molecule has 2 heterocycles. The molecule has 0 saturated carbocycles. The van der Waals surface area contributed by atoms with Crippen LogP contribution in [0.1, 0.15) is 25.7 Å². The molecule has 1 saturated heterocycles. The van der Waals surface area contributed by atoms with Crippen LogP contribution in [0, 0.1) is 0 Å². The summed E-state index contributed by atoms with van der Waals surface area (Å²) < 4.78 is 36.1. The first-order valence-electron chi connectivity index (χ1n) is 6.51. The van der Waals surface area contributed by atoms with E-state index in [0.717, 1.165) is 25.9 Å². The van der Waals surface area contributed by atoms with Crippen LogP contribution in [0.3, 0.4) is 0 Å². The predicted octanol–water partition coefficient (Wildman–Crippen LogP) is 1.81. The van der Waals surface area contributed by atoms with E-state index in [1.54, 1.807) is 0 Å². The number of hydrogen-bond acceptors (Lipinski definition) is 6. The molecule has 2 rings (SSSR count). The Kier molecular flexibility index (Phi) is 4.46. The molecule has 0 amide bonds. The number of aromatic nitrogens is 3. The van der Waals surface area contributed by atoms with Crippen LogP contribution in [0.2, 0.25) is 0 Å². The van der Waals surface area contributed by atoms with Gasteiger partial charge >= 0.3 is 6.18 Å². The molecule has 0 aliphatic carbocycles. The fourth-order valence-corrected chi connectivity index (χ4v) is 2.01. The van der Waals surface area contributed by atoms with E-state index in [-0.39, 0.29) is 24.9 Å². The number of halogens is 3. The van der Waals surface area contributed by atoms with E-state index in [2.05, 4.69) is 20.3 Å². The van der Waals surface area contributed by atoms with Crippen LogP contribution in [-0.4, -0.2) is 40.8 Å². The minimum atomic E-state index is -4.14. The number of alkyl halides is 3. The minimum Gasteiger partial charge on any atom is -0.368 e. The first kappa shape index (κ1) is 14.6. The van der Waals surface area contributed by atoms with Crippen LogP contribution in [0.15, 0.2) is 0 Å². The number of nitrogens with zero attached hydrogens (tertiary/aromatic N) is 4. The van der Waals surface area contributed by atoms with E-state index >= 15 is 0 Å². The second kappa shape index (κ2) is 6.10. The fourth-order valence-electron chi connectivity index (χ4n) is 2.01. The highest BCUT2D eigenvalue weighted by Gasteiger charge is 2.26. The van der Waals surface area contributed by atoms with Crippen LogP contribution in [0.25, 0.3) is 0 Å². The number of rotatable bonds is 5. The van der Waals surface area contributed by atoms with Crippen molar-refractivity contribution >= 4 is 17.8 Å². The van der Waals surface area contributed by atoms with E-state index in [1.165, 1.54) is 0 Å². The van der Waals surface area contributed by atoms with E-state index in [0.29, 0.717) is 5.95 Å². The number of nitrogens with one attached hydrogen (secondary N) is 1. The van der Waals surface area contributed by atoms with Gasteiger partial charge in [0.05, 0.1) is 0 Å². The van der Waals surface area contributed by atoms with Crippen molar-refractivity contribution in [2.24, 2.45) is 0 Å². The zero-order valence-electron chi connectivity index (χ0n) is 10.9. The fraction of sp³-hybridized carbons (Fsp3) is 0.727. The predicted molar refractivity (Wildman–Crippen MR) is 69.5 cm³/mol. The summed E-state index contributed by atoms with van der Waals surface area (Å²) in [7, 11) is 0. The van der Waals surface area contributed by atoms with Crippen molar-refractivity contribution in [3.05, 3.63) is 0 Å². The molecule has 0 bridgehead atoms. The molecule has 1 aliphatic rings. The van der Waals surface area contributed by atoms with Crippen molar-refractivity contribution in [2.75, 3.05) is 35.6 Å². The van der Waals surface area contributed by atoms with Gasteiger partial charge in [-0.2, -0.15) is 28.1 Å². The third-order valence-corrected chi connectivity index (χ3v) is 2.95. The first-order valence-corrected chi connectivity index (χ1v) is 6.51. The quantitative estimate of drug-likeness (QED) is 0.805. The molecule has 1 aromatic heterocycles. The van der Waals surface area contributed by atoms with Crippen molar-refractivity contribution in [1.29, 1.82) is 0 Å². The van der Waals surface area contributed by atoms with E-state index < -0.39 is 12.6 Å². The zero-order chi connectivity index (χ0) is 14.6. The van der Waals surface area contributed by atoms with Gasteiger partial charge < -0.3 is 16.0 Å². The molecule has 1 aromatic rings. The maximum atomic E-state index is 12.0. The van der Waals surface area contributed by atoms with Crippen LogP contribution in [0.5, 0.6) is 0 Å². The van der Waals surface area contributed by atoms with Crippen molar-refractivity contribution in [1.82, 2.24) is 15.0 Å². The highest BCUT2D eigenvalue weighted by molar-refractivity contribution is 5.42. The molecule has 6 nitrogen and oxygen atoms in total. The molecule has 1 aliphatic heterocycles. The average molecular weight is 290 g/mol. The van der Waals surface area contributed by atoms with E-state index in [1.807, 2.05) is 4.90 Å². The molecule has 9 heteroatoms. The molecular weight excluding hydrogens is 273 g/mol. The average Bonchev–Trinajstić information content (AvgIpc) is 2.86. The van der Waals surface area contributed by atoms with Crippen molar-refractivity contribution in [2.45, 2.75) is 31.9 Å². The lowest BCUT2D eigenvalue weighted by Crippen LogP contribution is -2.22. The van der Waals surface area contributed by atoms with Crippen LogP contribution < -0.4 is 16.0 Å². The standard InChI is InChI=1S/C11H17F3N6/c12-11(13,14)4-3-5-16-9-17-8(15)18-10(19-9)20-6-1-2-7-20/h1-7H2,(H3,15,16,17,18,19). The second-order valence-electron chi connectivity index (χ2n) is 4.66. The van der Waals surface area contributed by atoms with Gasteiger partial charge in [-0.25, -0.2) is 0 Å². The van der Waals surface area contributed by atoms with Gasteiger partial charge in [0.1, 0.15) is 0 Å². The lowest BCUT2D eigenvalue weighted by atomic mass is 10.3. The van der Waals surface area contributed by atoms with Crippen LogP contribution >= 0.6 is 0 Å². The molecule has 0 unspecified atom stereocenters. The van der Waals surface area contributed by atoms with Gasteiger partial charge in [0.15, 0.2) is 0 Å². The molecule has 0 radical (unpaired) electrons. The smallest absolute Gasteiger partial charge is 0.368 e. The Bertz CT molecular complexity index is 444. The Morgan fingerprint density at radius 2 is 1.85 bits per heavy atom. The Balaban J connectivity index is 1.91. The van der Waals surface area contributed by atoms with Gasteiger partial charge in [0.2, 0.25) is 17.8 Å². The van der Waals surface area contributed by atoms with Crippen molar-refractivity contribution in [3.63, 3.8) is 0 Å². The van der Waals surface area contributed by atoms with Gasteiger partial charge in [-0.15, -0.1) is 0 Å². The van der Waals surface area contributed by atoms with E-state index in [4.69, 9.17) is 5.73 Å². The summed E-state index contributed by atoms with van der Waals surface area (Å²) in [5.74, 6) is 0.773. The maximum Gasteiger partial charge on any atom is 0.389 e. The molecule has 0 atom stereocenters. The summed E-state index contributed by atoms with van der Waals surface area (Å²) in [6.45, 7) is 1.86. The normalized spacial score (nSPS) is 15.7. The molecule has 0 spiro atoms. The van der Waals surface area contributed by atoms with Crippen molar-refractivity contribution < 1.29 is 13.2 Å².